The first-order chi connectivity index (χ1) is 10.1. The van der Waals surface area contributed by atoms with E-state index in [1.165, 1.54) is 24.0 Å². The minimum Gasteiger partial charge on any atom is -0.348 e. The number of carbonyl (C=O) groups excluding carboxylic acids is 2. The van der Waals surface area contributed by atoms with Crippen molar-refractivity contribution in [3.8, 4) is 0 Å². The number of benzene rings is 1. The van der Waals surface area contributed by atoms with Crippen molar-refractivity contribution in [2.45, 2.75) is 44.7 Å². The van der Waals surface area contributed by atoms with Gasteiger partial charge >= 0.3 is 6.03 Å². The Hall–Kier alpha value is -2.04. The van der Waals surface area contributed by atoms with Gasteiger partial charge in [-0.3, -0.25) is 4.79 Å². The highest BCUT2D eigenvalue weighted by molar-refractivity contribution is 5.90. The van der Waals surface area contributed by atoms with Crippen LogP contribution >= 0.6 is 0 Å². The van der Waals surface area contributed by atoms with Crippen LogP contribution in [-0.2, 0) is 17.6 Å². The van der Waals surface area contributed by atoms with Gasteiger partial charge in [0.15, 0.2) is 0 Å². The summed E-state index contributed by atoms with van der Waals surface area (Å²) in [5, 5.41) is 8.16. The van der Waals surface area contributed by atoms with Crippen LogP contribution in [0.15, 0.2) is 18.2 Å². The Balaban J connectivity index is 1.66. The molecule has 5 heteroatoms. The summed E-state index contributed by atoms with van der Waals surface area (Å²) in [5.74, 6) is -0.140. The molecule has 3 N–H and O–H groups in total. The van der Waals surface area contributed by atoms with Crippen molar-refractivity contribution >= 4 is 11.9 Å². The van der Waals surface area contributed by atoms with Crippen LogP contribution in [0.25, 0.3) is 0 Å². The molecule has 1 saturated heterocycles. The molecule has 0 aromatic heterocycles. The molecule has 0 unspecified atom stereocenters. The summed E-state index contributed by atoms with van der Waals surface area (Å²) in [6.45, 7) is 2.33. The van der Waals surface area contributed by atoms with Crippen molar-refractivity contribution in [1.82, 2.24) is 16.0 Å². The lowest BCUT2D eigenvalue weighted by molar-refractivity contribution is -0.123. The van der Waals surface area contributed by atoms with E-state index in [2.05, 4.69) is 34.1 Å². The van der Waals surface area contributed by atoms with Gasteiger partial charge < -0.3 is 16.0 Å². The lowest BCUT2D eigenvalue weighted by atomic mass is 9.89. The Labute approximate surface area is 124 Å². The van der Waals surface area contributed by atoms with Gasteiger partial charge in [-0.25, -0.2) is 4.79 Å². The van der Waals surface area contributed by atoms with E-state index < -0.39 is 6.04 Å². The zero-order valence-electron chi connectivity index (χ0n) is 12.2. The second-order valence-electron chi connectivity index (χ2n) is 5.87. The van der Waals surface area contributed by atoms with Crippen molar-refractivity contribution in [1.29, 1.82) is 0 Å². The second kappa shape index (κ2) is 5.76. The molecule has 2 aliphatic rings. The molecule has 1 heterocycles. The van der Waals surface area contributed by atoms with Gasteiger partial charge in [0.25, 0.3) is 0 Å². The maximum absolute atomic E-state index is 12.1. The van der Waals surface area contributed by atoms with E-state index in [0.717, 1.165) is 18.4 Å². The molecule has 1 aliphatic heterocycles. The van der Waals surface area contributed by atoms with Crippen molar-refractivity contribution in [3.63, 3.8) is 0 Å². The maximum Gasteiger partial charge on any atom is 0.315 e. The zero-order valence-corrected chi connectivity index (χ0v) is 12.2. The van der Waals surface area contributed by atoms with Crippen molar-refractivity contribution < 1.29 is 9.59 Å². The molecule has 112 valence electrons. The summed E-state index contributed by atoms with van der Waals surface area (Å²) >= 11 is 0. The highest BCUT2D eigenvalue weighted by Crippen LogP contribution is 2.24. The first-order valence-corrected chi connectivity index (χ1v) is 7.60. The molecule has 1 aromatic carbocycles. The highest BCUT2D eigenvalue weighted by atomic mass is 16.2. The summed E-state index contributed by atoms with van der Waals surface area (Å²) in [4.78, 5) is 23.2. The van der Waals surface area contributed by atoms with Gasteiger partial charge in [-0.2, -0.15) is 0 Å². The zero-order chi connectivity index (χ0) is 14.8. The Morgan fingerprint density at radius 1 is 1.29 bits per heavy atom. The first-order valence-electron chi connectivity index (χ1n) is 7.60. The quantitative estimate of drug-likeness (QED) is 0.787. The van der Waals surface area contributed by atoms with Crippen LogP contribution in [0.3, 0.4) is 0 Å². The average Bonchev–Trinajstić information content (AvgIpc) is 2.93. The summed E-state index contributed by atoms with van der Waals surface area (Å²) in [6, 6.07) is 5.69. The molecule has 5 nitrogen and oxygen atoms in total. The minimum atomic E-state index is -0.474. The molecule has 0 spiro atoms. The van der Waals surface area contributed by atoms with Crippen LogP contribution in [0, 0.1) is 0 Å². The predicted molar refractivity (Wildman–Crippen MR) is 80.0 cm³/mol. The standard InChI is InChI=1S/C16H21N3O2/c1-10(18-15(20)14-9-17-16(21)19-14)12-7-6-11-4-2-3-5-13(11)8-12/h6-8,10,14H,2-5,9H2,1H3,(H,18,20)(H2,17,19,21)/t10-,14-/m1/s1. The Bertz CT molecular complexity index is 571. The molecule has 1 aromatic rings. The van der Waals surface area contributed by atoms with Crippen LogP contribution in [-0.4, -0.2) is 24.5 Å². The van der Waals surface area contributed by atoms with Gasteiger partial charge in [0.1, 0.15) is 6.04 Å². The van der Waals surface area contributed by atoms with Crippen molar-refractivity contribution in [2.75, 3.05) is 6.54 Å². The van der Waals surface area contributed by atoms with Gasteiger partial charge in [0, 0.05) is 6.54 Å². The number of amides is 3. The van der Waals surface area contributed by atoms with Crippen LogP contribution < -0.4 is 16.0 Å². The summed E-state index contributed by atoms with van der Waals surface area (Å²) in [7, 11) is 0. The fourth-order valence-corrected chi connectivity index (χ4v) is 3.03. The van der Waals surface area contributed by atoms with Gasteiger partial charge in [-0.05, 0) is 49.3 Å². The van der Waals surface area contributed by atoms with Gasteiger partial charge in [-0.1, -0.05) is 18.2 Å². The molecule has 2 atom stereocenters. The Morgan fingerprint density at radius 2 is 2.05 bits per heavy atom. The van der Waals surface area contributed by atoms with E-state index in [-0.39, 0.29) is 18.0 Å². The minimum absolute atomic E-state index is 0.0535. The van der Waals surface area contributed by atoms with Crippen LogP contribution in [0.1, 0.15) is 42.5 Å². The molecular weight excluding hydrogens is 266 g/mol. The number of aryl methyl sites for hydroxylation is 2. The fourth-order valence-electron chi connectivity index (χ4n) is 3.03. The van der Waals surface area contributed by atoms with Crippen LogP contribution in [0.5, 0.6) is 0 Å². The number of fused-ring (bicyclic) bond motifs is 1. The van der Waals surface area contributed by atoms with E-state index in [1.54, 1.807) is 0 Å². The molecule has 0 saturated carbocycles. The van der Waals surface area contributed by atoms with Gasteiger partial charge in [0.05, 0.1) is 6.04 Å². The predicted octanol–water partition coefficient (Wildman–Crippen LogP) is 1.42. The second-order valence-corrected chi connectivity index (χ2v) is 5.87. The number of carbonyl (C=O) groups is 2. The van der Waals surface area contributed by atoms with Gasteiger partial charge in [0.2, 0.25) is 5.91 Å². The lowest BCUT2D eigenvalue weighted by Crippen LogP contribution is -2.43. The van der Waals surface area contributed by atoms with Crippen molar-refractivity contribution in [3.05, 3.63) is 34.9 Å². The number of hydrogen-bond donors (Lipinski definition) is 3. The molecule has 1 fully saturated rings. The monoisotopic (exact) mass is 287 g/mol. The molecule has 0 bridgehead atoms. The Kier molecular flexibility index (Phi) is 3.82. The summed E-state index contributed by atoms with van der Waals surface area (Å²) in [5.41, 5.74) is 3.98. The summed E-state index contributed by atoms with van der Waals surface area (Å²) in [6.07, 6.45) is 4.81. The molecular formula is C16H21N3O2. The highest BCUT2D eigenvalue weighted by Gasteiger charge is 2.27. The lowest BCUT2D eigenvalue weighted by Gasteiger charge is -2.21. The summed E-state index contributed by atoms with van der Waals surface area (Å²) < 4.78 is 0. The number of nitrogens with one attached hydrogen (secondary N) is 3. The SMILES string of the molecule is C[C@@H](NC(=O)[C@H]1CNC(=O)N1)c1ccc2c(c1)CCCC2. The first kappa shape index (κ1) is 13.9. The van der Waals surface area contributed by atoms with E-state index >= 15 is 0 Å². The van der Waals surface area contributed by atoms with E-state index in [9.17, 15) is 9.59 Å². The average molecular weight is 287 g/mol. The third-order valence-electron chi connectivity index (χ3n) is 4.32. The fraction of sp³-hybridized carbons (Fsp3) is 0.500. The smallest absolute Gasteiger partial charge is 0.315 e. The topological polar surface area (TPSA) is 70.2 Å². The maximum atomic E-state index is 12.1. The van der Waals surface area contributed by atoms with Gasteiger partial charge in [-0.15, -0.1) is 0 Å². The molecule has 3 amide bonds. The van der Waals surface area contributed by atoms with E-state index in [4.69, 9.17) is 0 Å². The number of urea groups is 1. The van der Waals surface area contributed by atoms with E-state index in [0.29, 0.717) is 6.54 Å². The molecule has 3 rings (SSSR count). The third-order valence-corrected chi connectivity index (χ3v) is 4.32. The van der Waals surface area contributed by atoms with Crippen LogP contribution in [0.4, 0.5) is 4.79 Å². The number of rotatable bonds is 3. The third kappa shape index (κ3) is 3.01. The number of hydrogen-bond acceptors (Lipinski definition) is 2. The molecule has 1 aliphatic carbocycles. The largest absolute Gasteiger partial charge is 0.348 e. The van der Waals surface area contributed by atoms with Crippen LogP contribution in [0.2, 0.25) is 0 Å². The van der Waals surface area contributed by atoms with E-state index in [1.807, 2.05) is 6.92 Å². The van der Waals surface area contributed by atoms with Crippen molar-refractivity contribution in [2.24, 2.45) is 0 Å². The molecule has 0 radical (unpaired) electrons. The molecule has 21 heavy (non-hydrogen) atoms. The Morgan fingerprint density at radius 3 is 2.76 bits per heavy atom. The normalized spacial score (nSPS) is 22.0.